The molecule has 0 saturated carbocycles. The van der Waals surface area contributed by atoms with Crippen LogP contribution in [-0.4, -0.2) is 62.6 Å². The molecule has 0 N–H and O–H groups in total. The minimum absolute atomic E-state index is 0.0416. The van der Waals surface area contributed by atoms with Gasteiger partial charge in [0.05, 0.1) is 5.69 Å². The molecule has 2 amide bonds. The van der Waals surface area contributed by atoms with Crippen LogP contribution in [0.2, 0.25) is 0 Å². The zero-order valence-electron chi connectivity index (χ0n) is 14.2. The number of nitrogens with zero attached hydrogens (tertiary/aromatic N) is 5. The van der Waals surface area contributed by atoms with Crippen molar-refractivity contribution in [2.75, 3.05) is 26.2 Å². The summed E-state index contributed by atoms with van der Waals surface area (Å²) in [4.78, 5) is 31.8. The van der Waals surface area contributed by atoms with Crippen LogP contribution in [0.3, 0.4) is 0 Å². The van der Waals surface area contributed by atoms with Gasteiger partial charge in [0.1, 0.15) is 5.82 Å². The Hall–Kier alpha value is -2.70. The summed E-state index contributed by atoms with van der Waals surface area (Å²) in [5, 5.41) is 4.40. The van der Waals surface area contributed by atoms with Crippen LogP contribution in [0.5, 0.6) is 0 Å². The molecular weight excluding hydrogens is 306 g/mol. The summed E-state index contributed by atoms with van der Waals surface area (Å²) in [5.41, 5.74) is 1.99. The van der Waals surface area contributed by atoms with Gasteiger partial charge in [0, 0.05) is 33.1 Å². The van der Waals surface area contributed by atoms with Gasteiger partial charge in [0.15, 0.2) is 0 Å². The number of aromatic nitrogens is 3. The molecule has 1 aliphatic rings. The average Bonchev–Trinajstić information content (AvgIpc) is 2.96. The number of hydrogen-bond acceptors (Lipinski definition) is 4. The van der Waals surface area contributed by atoms with Gasteiger partial charge in [-0.15, -0.1) is 5.10 Å². The molecular formula is C17H21N5O2. The van der Waals surface area contributed by atoms with E-state index in [1.54, 1.807) is 21.4 Å². The van der Waals surface area contributed by atoms with Crippen LogP contribution in [0, 0.1) is 13.8 Å². The van der Waals surface area contributed by atoms with Gasteiger partial charge in [-0.25, -0.2) is 9.67 Å². The number of amides is 2. The van der Waals surface area contributed by atoms with Gasteiger partial charge in [-0.3, -0.25) is 9.59 Å². The SMILES string of the molecule is CC(=O)N1CCN(C(=O)c2nc(C)n(-c3ccccc3C)n2)CC1. The van der Waals surface area contributed by atoms with Gasteiger partial charge in [-0.2, -0.15) is 0 Å². The van der Waals surface area contributed by atoms with Crippen LogP contribution in [0.25, 0.3) is 5.69 Å². The van der Waals surface area contributed by atoms with Gasteiger partial charge in [-0.1, -0.05) is 18.2 Å². The molecule has 24 heavy (non-hydrogen) atoms. The smallest absolute Gasteiger partial charge is 0.293 e. The number of rotatable bonds is 2. The second kappa shape index (κ2) is 6.43. The Bertz CT molecular complexity index is 775. The third-order valence-electron chi connectivity index (χ3n) is 4.32. The predicted octanol–water partition coefficient (Wildman–Crippen LogP) is 1.19. The summed E-state index contributed by atoms with van der Waals surface area (Å²) >= 11 is 0. The number of hydrogen-bond donors (Lipinski definition) is 0. The first-order valence-electron chi connectivity index (χ1n) is 8.02. The highest BCUT2D eigenvalue weighted by atomic mass is 16.2. The van der Waals surface area contributed by atoms with Crippen molar-refractivity contribution < 1.29 is 9.59 Å². The van der Waals surface area contributed by atoms with Crippen molar-refractivity contribution in [2.45, 2.75) is 20.8 Å². The monoisotopic (exact) mass is 327 g/mol. The van der Waals surface area contributed by atoms with Crippen LogP contribution in [0.1, 0.15) is 28.9 Å². The van der Waals surface area contributed by atoms with Crippen molar-refractivity contribution in [1.29, 1.82) is 0 Å². The van der Waals surface area contributed by atoms with Gasteiger partial charge < -0.3 is 9.80 Å². The molecule has 3 rings (SSSR count). The molecule has 1 aromatic carbocycles. The molecule has 1 aromatic heterocycles. The van der Waals surface area contributed by atoms with E-state index in [2.05, 4.69) is 10.1 Å². The Morgan fingerprint density at radius 2 is 1.62 bits per heavy atom. The fraction of sp³-hybridized carbons (Fsp3) is 0.412. The van der Waals surface area contributed by atoms with E-state index >= 15 is 0 Å². The van der Waals surface area contributed by atoms with E-state index in [1.807, 2.05) is 38.1 Å². The molecule has 7 nitrogen and oxygen atoms in total. The van der Waals surface area contributed by atoms with Crippen molar-refractivity contribution in [1.82, 2.24) is 24.6 Å². The Kier molecular flexibility index (Phi) is 4.33. The van der Waals surface area contributed by atoms with Gasteiger partial charge in [0.2, 0.25) is 11.7 Å². The van der Waals surface area contributed by atoms with Crippen LogP contribution < -0.4 is 0 Å². The summed E-state index contributed by atoms with van der Waals surface area (Å²) in [7, 11) is 0. The highest BCUT2D eigenvalue weighted by molar-refractivity contribution is 5.90. The Balaban J connectivity index is 1.79. The summed E-state index contributed by atoms with van der Waals surface area (Å²) in [6.45, 7) is 7.51. The lowest BCUT2D eigenvalue weighted by atomic mass is 10.2. The Morgan fingerprint density at radius 1 is 1.00 bits per heavy atom. The largest absolute Gasteiger partial charge is 0.339 e. The molecule has 1 saturated heterocycles. The number of para-hydroxylation sites is 1. The second-order valence-electron chi connectivity index (χ2n) is 5.98. The molecule has 1 aliphatic heterocycles. The van der Waals surface area contributed by atoms with E-state index in [1.165, 1.54) is 0 Å². The maximum Gasteiger partial charge on any atom is 0.293 e. The Labute approximate surface area is 140 Å². The summed E-state index contributed by atoms with van der Waals surface area (Å²) in [6, 6.07) is 7.85. The molecule has 0 radical (unpaired) electrons. The molecule has 0 unspecified atom stereocenters. The number of piperazine rings is 1. The zero-order valence-corrected chi connectivity index (χ0v) is 14.2. The lowest BCUT2D eigenvalue weighted by Crippen LogP contribution is -2.50. The van der Waals surface area contributed by atoms with E-state index in [-0.39, 0.29) is 17.6 Å². The van der Waals surface area contributed by atoms with Crippen molar-refractivity contribution >= 4 is 11.8 Å². The number of carbonyl (C=O) groups excluding carboxylic acids is 2. The number of benzene rings is 1. The van der Waals surface area contributed by atoms with Gasteiger partial charge in [0.25, 0.3) is 5.91 Å². The molecule has 7 heteroatoms. The van der Waals surface area contributed by atoms with Crippen molar-refractivity contribution in [3.63, 3.8) is 0 Å². The maximum absolute atomic E-state index is 12.6. The maximum atomic E-state index is 12.6. The fourth-order valence-electron chi connectivity index (χ4n) is 2.88. The number of carbonyl (C=O) groups is 2. The third-order valence-corrected chi connectivity index (χ3v) is 4.32. The van der Waals surface area contributed by atoms with E-state index in [4.69, 9.17) is 0 Å². The third kappa shape index (κ3) is 3.02. The average molecular weight is 327 g/mol. The first kappa shape index (κ1) is 16.2. The summed E-state index contributed by atoms with van der Waals surface area (Å²) < 4.78 is 1.70. The van der Waals surface area contributed by atoms with Crippen LogP contribution >= 0.6 is 0 Å². The molecule has 0 bridgehead atoms. The molecule has 126 valence electrons. The molecule has 2 aromatic rings. The molecule has 0 spiro atoms. The lowest BCUT2D eigenvalue weighted by molar-refractivity contribution is -0.130. The lowest BCUT2D eigenvalue weighted by Gasteiger charge is -2.33. The zero-order chi connectivity index (χ0) is 17.3. The van der Waals surface area contributed by atoms with E-state index < -0.39 is 0 Å². The van der Waals surface area contributed by atoms with Gasteiger partial charge >= 0.3 is 0 Å². The molecule has 0 atom stereocenters. The van der Waals surface area contributed by atoms with E-state index in [0.717, 1.165) is 11.3 Å². The first-order valence-corrected chi connectivity index (χ1v) is 8.02. The second-order valence-corrected chi connectivity index (χ2v) is 5.98. The number of aryl methyl sites for hydroxylation is 2. The quantitative estimate of drug-likeness (QED) is 0.831. The Morgan fingerprint density at radius 3 is 2.25 bits per heavy atom. The molecule has 1 fully saturated rings. The predicted molar refractivity (Wildman–Crippen MR) is 89.0 cm³/mol. The van der Waals surface area contributed by atoms with Crippen molar-refractivity contribution in [3.8, 4) is 5.69 Å². The molecule has 0 aliphatic carbocycles. The van der Waals surface area contributed by atoms with E-state index in [0.29, 0.717) is 32.0 Å². The van der Waals surface area contributed by atoms with Crippen molar-refractivity contribution in [2.24, 2.45) is 0 Å². The highest BCUT2D eigenvalue weighted by Gasteiger charge is 2.26. The van der Waals surface area contributed by atoms with Crippen molar-refractivity contribution in [3.05, 3.63) is 41.5 Å². The van der Waals surface area contributed by atoms with Crippen LogP contribution in [0.15, 0.2) is 24.3 Å². The summed E-state index contributed by atoms with van der Waals surface area (Å²) in [6.07, 6.45) is 0. The van der Waals surface area contributed by atoms with Crippen LogP contribution in [-0.2, 0) is 4.79 Å². The van der Waals surface area contributed by atoms with Gasteiger partial charge in [-0.05, 0) is 25.5 Å². The standard InChI is InChI=1S/C17H21N5O2/c1-12-6-4-5-7-15(12)22-13(2)18-16(19-22)17(24)21-10-8-20(9-11-21)14(3)23/h4-7H,8-11H2,1-3H3. The summed E-state index contributed by atoms with van der Waals surface area (Å²) in [5.74, 6) is 0.732. The van der Waals surface area contributed by atoms with E-state index in [9.17, 15) is 9.59 Å². The minimum Gasteiger partial charge on any atom is -0.339 e. The normalized spacial score (nSPS) is 14.8. The highest BCUT2D eigenvalue weighted by Crippen LogP contribution is 2.15. The molecule has 2 heterocycles. The minimum atomic E-state index is -0.186. The van der Waals surface area contributed by atoms with Crippen LogP contribution in [0.4, 0.5) is 0 Å². The first-order chi connectivity index (χ1) is 11.5. The fourth-order valence-corrected chi connectivity index (χ4v) is 2.88. The topological polar surface area (TPSA) is 71.3 Å².